The van der Waals surface area contributed by atoms with Gasteiger partial charge in [0.25, 0.3) is 5.69 Å². The summed E-state index contributed by atoms with van der Waals surface area (Å²) in [6, 6.07) is 2.99. The van der Waals surface area contributed by atoms with Crippen LogP contribution in [-0.2, 0) is 0 Å². The van der Waals surface area contributed by atoms with Crippen molar-refractivity contribution in [2.75, 3.05) is 18.0 Å². The lowest BCUT2D eigenvalue weighted by molar-refractivity contribution is -0.385. The van der Waals surface area contributed by atoms with E-state index in [1.54, 1.807) is 6.07 Å². The fraction of sp³-hybridized carbons (Fsp3) is 0.273. The van der Waals surface area contributed by atoms with Crippen LogP contribution in [0.15, 0.2) is 24.5 Å². The molecule has 0 atom stereocenters. The number of carboxylic acid groups (broad SMARTS) is 1. The van der Waals surface area contributed by atoms with E-state index in [0.29, 0.717) is 18.9 Å². The maximum absolute atomic E-state index is 10.7. The van der Waals surface area contributed by atoms with Gasteiger partial charge in [0.1, 0.15) is 12.0 Å². The zero-order valence-electron chi connectivity index (χ0n) is 10.7. The van der Waals surface area contributed by atoms with E-state index in [0.717, 1.165) is 0 Å². The minimum Gasteiger partial charge on any atom is -0.476 e. The quantitative estimate of drug-likeness (QED) is 0.630. The molecule has 108 valence electrons. The van der Waals surface area contributed by atoms with Gasteiger partial charge in [-0.25, -0.2) is 14.5 Å². The molecule has 2 aromatic heterocycles. The Bertz CT molecular complexity index is 691. The van der Waals surface area contributed by atoms with Crippen molar-refractivity contribution in [1.29, 1.82) is 0 Å². The van der Waals surface area contributed by atoms with Gasteiger partial charge in [-0.1, -0.05) is 5.21 Å². The van der Waals surface area contributed by atoms with Crippen LogP contribution in [0.5, 0.6) is 0 Å². The Labute approximate surface area is 117 Å². The van der Waals surface area contributed by atoms with Crippen molar-refractivity contribution in [1.82, 2.24) is 20.0 Å². The number of nitro groups is 1. The molecule has 10 nitrogen and oxygen atoms in total. The molecule has 0 unspecified atom stereocenters. The van der Waals surface area contributed by atoms with E-state index >= 15 is 0 Å². The SMILES string of the molecule is O=C(O)c1cn(C2CN(c3ccc([N+](=O)[O-])cn3)C2)nn1. The van der Waals surface area contributed by atoms with Gasteiger partial charge < -0.3 is 10.0 Å². The van der Waals surface area contributed by atoms with Crippen LogP contribution in [0.2, 0.25) is 0 Å². The van der Waals surface area contributed by atoms with Crippen molar-refractivity contribution in [3.63, 3.8) is 0 Å². The van der Waals surface area contributed by atoms with Crippen LogP contribution in [0.3, 0.4) is 0 Å². The molecule has 1 saturated heterocycles. The summed E-state index contributed by atoms with van der Waals surface area (Å²) < 4.78 is 1.51. The minimum atomic E-state index is -1.12. The minimum absolute atomic E-state index is 0.0163. The molecule has 0 bridgehead atoms. The van der Waals surface area contributed by atoms with E-state index in [-0.39, 0.29) is 17.4 Å². The summed E-state index contributed by atoms with van der Waals surface area (Å²) in [5.41, 5.74) is -0.153. The van der Waals surface area contributed by atoms with E-state index in [4.69, 9.17) is 5.11 Å². The maximum atomic E-state index is 10.7. The largest absolute Gasteiger partial charge is 0.476 e. The molecule has 0 radical (unpaired) electrons. The molecule has 21 heavy (non-hydrogen) atoms. The normalized spacial score (nSPS) is 14.8. The van der Waals surface area contributed by atoms with Crippen molar-refractivity contribution in [2.24, 2.45) is 0 Å². The van der Waals surface area contributed by atoms with Crippen molar-refractivity contribution in [2.45, 2.75) is 6.04 Å². The van der Waals surface area contributed by atoms with E-state index in [2.05, 4.69) is 15.3 Å². The molecule has 3 rings (SSSR count). The first-order chi connectivity index (χ1) is 10.0. The second-order valence-electron chi connectivity index (χ2n) is 4.58. The highest BCUT2D eigenvalue weighted by molar-refractivity contribution is 5.84. The summed E-state index contributed by atoms with van der Waals surface area (Å²) in [5, 5.41) is 26.7. The Morgan fingerprint density at radius 2 is 2.19 bits per heavy atom. The fourth-order valence-corrected chi connectivity index (χ4v) is 2.04. The average molecular weight is 290 g/mol. The van der Waals surface area contributed by atoms with Crippen molar-refractivity contribution in [3.05, 3.63) is 40.3 Å². The molecule has 0 saturated carbocycles. The van der Waals surface area contributed by atoms with Gasteiger partial charge in [-0.05, 0) is 6.07 Å². The van der Waals surface area contributed by atoms with E-state index in [1.807, 2.05) is 4.90 Å². The Kier molecular flexibility index (Phi) is 2.97. The number of aromatic nitrogens is 4. The Balaban J connectivity index is 1.64. The van der Waals surface area contributed by atoms with Gasteiger partial charge in [0.2, 0.25) is 0 Å². The Morgan fingerprint density at radius 3 is 2.71 bits per heavy atom. The highest BCUT2D eigenvalue weighted by Crippen LogP contribution is 2.26. The molecule has 1 aliphatic rings. The van der Waals surface area contributed by atoms with Crippen molar-refractivity contribution >= 4 is 17.5 Å². The predicted molar refractivity (Wildman–Crippen MR) is 69.1 cm³/mol. The molecule has 1 fully saturated rings. The van der Waals surface area contributed by atoms with Gasteiger partial charge in [0.15, 0.2) is 5.69 Å². The van der Waals surface area contributed by atoms with Crippen LogP contribution in [0.1, 0.15) is 16.5 Å². The lowest BCUT2D eigenvalue weighted by Gasteiger charge is -2.39. The number of hydrogen-bond donors (Lipinski definition) is 1. The first kappa shape index (κ1) is 13.0. The van der Waals surface area contributed by atoms with Crippen LogP contribution < -0.4 is 4.90 Å². The Morgan fingerprint density at radius 1 is 1.43 bits per heavy atom. The maximum Gasteiger partial charge on any atom is 0.358 e. The molecule has 0 amide bonds. The van der Waals surface area contributed by atoms with Crippen LogP contribution in [0.25, 0.3) is 0 Å². The number of carbonyl (C=O) groups is 1. The predicted octanol–water partition coefficient (Wildman–Crippen LogP) is 0.341. The van der Waals surface area contributed by atoms with Crippen LogP contribution >= 0.6 is 0 Å². The number of hydrogen-bond acceptors (Lipinski definition) is 7. The van der Waals surface area contributed by atoms with Crippen LogP contribution in [0, 0.1) is 10.1 Å². The zero-order chi connectivity index (χ0) is 15.0. The summed E-state index contributed by atoms with van der Waals surface area (Å²) in [5.74, 6) is -0.482. The van der Waals surface area contributed by atoms with Gasteiger partial charge in [-0.3, -0.25) is 10.1 Å². The van der Waals surface area contributed by atoms with E-state index in [9.17, 15) is 14.9 Å². The smallest absolute Gasteiger partial charge is 0.358 e. The van der Waals surface area contributed by atoms with Gasteiger partial charge >= 0.3 is 5.97 Å². The van der Waals surface area contributed by atoms with Gasteiger partial charge in [0.05, 0.1) is 17.2 Å². The van der Waals surface area contributed by atoms with E-state index < -0.39 is 10.9 Å². The second kappa shape index (κ2) is 4.81. The molecule has 1 N–H and O–H groups in total. The molecule has 0 aromatic carbocycles. The lowest BCUT2D eigenvalue weighted by Crippen LogP contribution is -2.48. The molecule has 3 heterocycles. The Hall–Kier alpha value is -3.04. The van der Waals surface area contributed by atoms with Crippen LogP contribution in [0.4, 0.5) is 11.5 Å². The number of aromatic carboxylic acids is 1. The van der Waals surface area contributed by atoms with Crippen LogP contribution in [-0.4, -0.2) is 49.1 Å². The molecule has 2 aromatic rings. The number of pyridine rings is 1. The second-order valence-corrected chi connectivity index (χ2v) is 4.58. The monoisotopic (exact) mass is 290 g/mol. The number of carboxylic acids is 1. The molecular weight excluding hydrogens is 280 g/mol. The van der Waals surface area contributed by atoms with Crippen molar-refractivity contribution in [3.8, 4) is 0 Å². The fourth-order valence-electron chi connectivity index (χ4n) is 2.04. The number of rotatable bonds is 4. The molecule has 0 aliphatic carbocycles. The lowest BCUT2D eigenvalue weighted by atomic mass is 10.1. The zero-order valence-corrected chi connectivity index (χ0v) is 10.7. The average Bonchev–Trinajstić information content (AvgIpc) is 2.87. The molecule has 1 aliphatic heterocycles. The third-order valence-electron chi connectivity index (χ3n) is 3.23. The highest BCUT2D eigenvalue weighted by atomic mass is 16.6. The molecule has 0 spiro atoms. The van der Waals surface area contributed by atoms with Crippen molar-refractivity contribution < 1.29 is 14.8 Å². The standard InChI is InChI=1S/C11H10N6O4/c18-11(19)9-6-16(14-13-9)8-4-15(5-8)10-2-1-7(3-12-10)17(20)21/h1-3,6,8H,4-5H2,(H,18,19). The molecular formula is C11H10N6O4. The third kappa shape index (κ3) is 2.38. The van der Waals surface area contributed by atoms with Gasteiger partial charge in [0, 0.05) is 19.2 Å². The first-order valence-electron chi connectivity index (χ1n) is 6.05. The third-order valence-corrected chi connectivity index (χ3v) is 3.23. The highest BCUT2D eigenvalue weighted by Gasteiger charge is 2.30. The summed E-state index contributed by atoms with van der Waals surface area (Å²) in [6.45, 7) is 1.18. The number of anilines is 1. The first-order valence-corrected chi connectivity index (χ1v) is 6.05. The molecule has 10 heteroatoms. The van der Waals surface area contributed by atoms with Gasteiger partial charge in [-0.2, -0.15) is 0 Å². The summed E-state index contributed by atoms with van der Waals surface area (Å²) in [6.07, 6.45) is 2.59. The summed E-state index contributed by atoms with van der Waals surface area (Å²) in [7, 11) is 0. The topological polar surface area (TPSA) is 127 Å². The summed E-state index contributed by atoms with van der Waals surface area (Å²) in [4.78, 5) is 26.7. The number of nitrogens with zero attached hydrogens (tertiary/aromatic N) is 6. The van der Waals surface area contributed by atoms with E-state index in [1.165, 1.54) is 23.1 Å². The summed E-state index contributed by atoms with van der Waals surface area (Å²) >= 11 is 0. The van der Waals surface area contributed by atoms with Gasteiger partial charge in [-0.15, -0.1) is 5.10 Å².